The Kier molecular flexibility index (Phi) is 5.86. The minimum absolute atomic E-state index is 0.0178. The van der Waals surface area contributed by atoms with Crippen LogP contribution >= 0.6 is 0 Å². The van der Waals surface area contributed by atoms with E-state index in [0.29, 0.717) is 38.3 Å². The first-order valence-corrected chi connectivity index (χ1v) is 9.00. The lowest BCUT2D eigenvalue weighted by Crippen LogP contribution is -2.47. The van der Waals surface area contributed by atoms with Crippen molar-refractivity contribution < 1.29 is 14.3 Å². The summed E-state index contributed by atoms with van der Waals surface area (Å²) in [5.74, 6) is 0.480. The number of carbonyl (C=O) groups is 2. The Morgan fingerprint density at radius 2 is 2.08 bits per heavy atom. The van der Waals surface area contributed by atoms with E-state index in [1.165, 1.54) is 0 Å². The predicted octanol–water partition coefficient (Wildman–Crippen LogP) is 1.93. The standard InChI is InChI=1S/C18H26N4O3/c1-13-4-5-16(19-11-13)21-17(23)14-6-8-22(9-7-14)18(24)20-12-15-3-2-10-25-15/h4-5,11,14-15H,2-3,6-10,12H2,1H3,(H,20,24)(H,19,21,23)/t15-/m0/s1. The highest BCUT2D eigenvalue weighted by Gasteiger charge is 2.28. The van der Waals surface area contributed by atoms with Crippen molar-refractivity contribution in [2.75, 3.05) is 31.6 Å². The Balaban J connectivity index is 1.40. The number of amides is 3. The van der Waals surface area contributed by atoms with Gasteiger partial charge in [0.1, 0.15) is 5.82 Å². The number of likely N-dealkylation sites (tertiary alicyclic amines) is 1. The normalized spacial score (nSPS) is 21.2. The molecule has 0 aromatic carbocycles. The molecule has 0 unspecified atom stereocenters. The quantitative estimate of drug-likeness (QED) is 0.872. The maximum atomic E-state index is 12.3. The zero-order chi connectivity index (χ0) is 17.6. The lowest BCUT2D eigenvalue weighted by molar-refractivity contribution is -0.121. The molecule has 1 aromatic rings. The summed E-state index contributed by atoms with van der Waals surface area (Å²) in [6, 6.07) is 3.67. The molecule has 2 saturated heterocycles. The van der Waals surface area contributed by atoms with Crippen molar-refractivity contribution in [1.29, 1.82) is 0 Å². The fourth-order valence-corrected chi connectivity index (χ4v) is 3.23. The first-order valence-electron chi connectivity index (χ1n) is 9.00. The number of urea groups is 1. The number of ether oxygens (including phenoxy) is 1. The summed E-state index contributed by atoms with van der Waals surface area (Å²) in [7, 11) is 0. The molecule has 2 N–H and O–H groups in total. The van der Waals surface area contributed by atoms with Crippen LogP contribution in [-0.2, 0) is 9.53 Å². The number of rotatable bonds is 4. The number of aryl methyl sites for hydroxylation is 1. The monoisotopic (exact) mass is 346 g/mol. The number of nitrogens with zero attached hydrogens (tertiary/aromatic N) is 2. The Labute approximate surface area is 148 Å². The van der Waals surface area contributed by atoms with Gasteiger partial charge in [0.2, 0.25) is 5.91 Å². The molecule has 3 heterocycles. The molecule has 3 rings (SSSR count). The van der Waals surface area contributed by atoms with Crippen LogP contribution in [0.15, 0.2) is 18.3 Å². The van der Waals surface area contributed by atoms with Crippen molar-refractivity contribution in [2.45, 2.75) is 38.7 Å². The van der Waals surface area contributed by atoms with Crippen molar-refractivity contribution in [1.82, 2.24) is 15.2 Å². The minimum atomic E-state index is -0.0784. The van der Waals surface area contributed by atoms with Gasteiger partial charge in [-0.05, 0) is 44.2 Å². The van der Waals surface area contributed by atoms with E-state index in [-0.39, 0.29) is 24.0 Å². The summed E-state index contributed by atoms with van der Waals surface area (Å²) in [5, 5.41) is 5.79. The van der Waals surface area contributed by atoms with Crippen molar-refractivity contribution in [3.63, 3.8) is 0 Å². The number of aromatic nitrogens is 1. The van der Waals surface area contributed by atoms with Gasteiger partial charge in [0, 0.05) is 38.4 Å². The smallest absolute Gasteiger partial charge is 0.317 e. The van der Waals surface area contributed by atoms with Gasteiger partial charge in [0.25, 0.3) is 0 Å². The second kappa shape index (κ2) is 8.29. The molecule has 7 nitrogen and oxygen atoms in total. The Bertz CT molecular complexity index is 591. The molecular formula is C18H26N4O3. The van der Waals surface area contributed by atoms with Crippen LogP contribution in [0.1, 0.15) is 31.2 Å². The van der Waals surface area contributed by atoms with Gasteiger partial charge in [-0.15, -0.1) is 0 Å². The summed E-state index contributed by atoms with van der Waals surface area (Å²) in [6.07, 6.45) is 5.30. The highest BCUT2D eigenvalue weighted by atomic mass is 16.5. The van der Waals surface area contributed by atoms with Crippen LogP contribution in [0, 0.1) is 12.8 Å². The van der Waals surface area contributed by atoms with Gasteiger partial charge < -0.3 is 20.3 Å². The van der Waals surface area contributed by atoms with E-state index in [9.17, 15) is 9.59 Å². The number of hydrogen-bond donors (Lipinski definition) is 2. The topological polar surface area (TPSA) is 83.6 Å². The SMILES string of the molecule is Cc1ccc(NC(=O)C2CCN(C(=O)NC[C@@H]3CCCO3)CC2)nc1. The van der Waals surface area contributed by atoms with Gasteiger partial charge in [-0.3, -0.25) is 4.79 Å². The van der Waals surface area contributed by atoms with E-state index in [4.69, 9.17) is 4.74 Å². The summed E-state index contributed by atoms with van der Waals surface area (Å²) in [6.45, 7) is 4.50. The van der Waals surface area contributed by atoms with Crippen molar-refractivity contribution in [3.8, 4) is 0 Å². The Morgan fingerprint density at radius 1 is 1.28 bits per heavy atom. The maximum absolute atomic E-state index is 12.3. The van der Waals surface area contributed by atoms with Gasteiger partial charge in [-0.25, -0.2) is 9.78 Å². The van der Waals surface area contributed by atoms with Gasteiger partial charge in [-0.2, -0.15) is 0 Å². The van der Waals surface area contributed by atoms with Gasteiger partial charge in [0.15, 0.2) is 0 Å². The van der Waals surface area contributed by atoms with Crippen LogP contribution in [-0.4, -0.2) is 54.2 Å². The molecule has 1 aromatic heterocycles. The molecule has 3 amide bonds. The summed E-state index contributed by atoms with van der Waals surface area (Å²) in [5.41, 5.74) is 1.06. The fourth-order valence-electron chi connectivity index (χ4n) is 3.23. The van der Waals surface area contributed by atoms with Crippen LogP contribution in [0.4, 0.5) is 10.6 Å². The average Bonchev–Trinajstić information content (AvgIpc) is 3.15. The molecule has 2 aliphatic rings. The summed E-state index contributed by atoms with van der Waals surface area (Å²) in [4.78, 5) is 30.5. The van der Waals surface area contributed by atoms with Crippen LogP contribution in [0.5, 0.6) is 0 Å². The third-order valence-electron chi connectivity index (χ3n) is 4.82. The molecule has 2 fully saturated rings. The molecule has 7 heteroatoms. The predicted molar refractivity (Wildman–Crippen MR) is 94.3 cm³/mol. The number of pyridine rings is 1. The minimum Gasteiger partial charge on any atom is -0.376 e. The van der Waals surface area contributed by atoms with Crippen LogP contribution in [0.25, 0.3) is 0 Å². The summed E-state index contributed by atoms with van der Waals surface area (Å²) < 4.78 is 5.51. The van der Waals surface area contributed by atoms with Crippen LogP contribution in [0.3, 0.4) is 0 Å². The number of anilines is 1. The Hall–Kier alpha value is -2.15. The summed E-state index contributed by atoms with van der Waals surface area (Å²) >= 11 is 0. The second-order valence-electron chi connectivity index (χ2n) is 6.79. The van der Waals surface area contributed by atoms with Gasteiger partial charge in [0.05, 0.1) is 6.10 Å². The van der Waals surface area contributed by atoms with E-state index in [1.807, 2.05) is 13.0 Å². The number of piperidine rings is 1. The zero-order valence-electron chi connectivity index (χ0n) is 14.7. The van der Waals surface area contributed by atoms with Crippen molar-refractivity contribution in [2.24, 2.45) is 5.92 Å². The Morgan fingerprint density at radius 3 is 2.72 bits per heavy atom. The van der Waals surface area contributed by atoms with E-state index >= 15 is 0 Å². The van der Waals surface area contributed by atoms with E-state index in [2.05, 4.69) is 15.6 Å². The van der Waals surface area contributed by atoms with E-state index in [0.717, 1.165) is 25.0 Å². The van der Waals surface area contributed by atoms with Gasteiger partial charge in [-0.1, -0.05) is 6.07 Å². The number of carbonyl (C=O) groups excluding carboxylic acids is 2. The van der Waals surface area contributed by atoms with Crippen molar-refractivity contribution >= 4 is 17.8 Å². The highest BCUT2D eigenvalue weighted by Crippen LogP contribution is 2.19. The van der Waals surface area contributed by atoms with E-state index in [1.54, 1.807) is 17.2 Å². The maximum Gasteiger partial charge on any atom is 0.317 e. The average molecular weight is 346 g/mol. The lowest BCUT2D eigenvalue weighted by Gasteiger charge is -2.31. The molecular weight excluding hydrogens is 320 g/mol. The van der Waals surface area contributed by atoms with Crippen molar-refractivity contribution in [3.05, 3.63) is 23.9 Å². The largest absolute Gasteiger partial charge is 0.376 e. The lowest BCUT2D eigenvalue weighted by atomic mass is 9.96. The molecule has 136 valence electrons. The first kappa shape index (κ1) is 17.7. The van der Waals surface area contributed by atoms with Crippen LogP contribution in [0.2, 0.25) is 0 Å². The fraction of sp³-hybridized carbons (Fsp3) is 0.611. The molecule has 0 saturated carbocycles. The third kappa shape index (κ3) is 4.92. The first-order chi connectivity index (χ1) is 12.1. The van der Waals surface area contributed by atoms with Gasteiger partial charge >= 0.3 is 6.03 Å². The number of hydrogen-bond acceptors (Lipinski definition) is 4. The van der Waals surface area contributed by atoms with E-state index < -0.39 is 0 Å². The molecule has 25 heavy (non-hydrogen) atoms. The molecule has 0 radical (unpaired) electrons. The molecule has 0 bridgehead atoms. The third-order valence-corrected chi connectivity index (χ3v) is 4.82. The molecule has 0 spiro atoms. The molecule has 0 aliphatic carbocycles. The van der Waals surface area contributed by atoms with Crippen LogP contribution < -0.4 is 10.6 Å². The highest BCUT2D eigenvalue weighted by molar-refractivity contribution is 5.91. The molecule has 1 atom stereocenters. The second-order valence-corrected chi connectivity index (χ2v) is 6.79. The zero-order valence-corrected chi connectivity index (χ0v) is 14.7. The molecule has 2 aliphatic heterocycles. The number of nitrogens with one attached hydrogen (secondary N) is 2.